The van der Waals surface area contributed by atoms with Crippen molar-refractivity contribution in [1.82, 2.24) is 9.88 Å². The Balaban J connectivity index is 1.50. The molecular formula is C27H22N4O5. The average molecular weight is 482 g/mol. The van der Waals surface area contributed by atoms with Crippen LogP contribution >= 0.6 is 0 Å². The topological polar surface area (TPSA) is 115 Å². The van der Waals surface area contributed by atoms with Crippen LogP contribution in [0.1, 0.15) is 22.8 Å². The van der Waals surface area contributed by atoms with Crippen LogP contribution in [0.5, 0.6) is 17.4 Å². The molecule has 4 aromatic rings. The van der Waals surface area contributed by atoms with E-state index in [1.807, 2.05) is 25.1 Å². The number of aryl methyl sites for hydroxylation is 1. The average Bonchev–Trinajstić information content (AvgIpc) is 3.48. The number of aromatic nitrogens is 1. The summed E-state index contributed by atoms with van der Waals surface area (Å²) in [5, 5.41) is 21.9. The fourth-order valence-electron chi connectivity index (χ4n) is 3.94. The highest BCUT2D eigenvalue weighted by Gasteiger charge is 2.19. The Morgan fingerprint density at radius 2 is 1.78 bits per heavy atom. The van der Waals surface area contributed by atoms with Crippen LogP contribution in [0.2, 0.25) is 0 Å². The molecule has 9 heteroatoms. The smallest absolute Gasteiger partial charge is 0.311 e. The first kappa shape index (κ1) is 22.9. The van der Waals surface area contributed by atoms with E-state index in [-0.39, 0.29) is 24.1 Å². The van der Waals surface area contributed by atoms with Gasteiger partial charge in [-0.15, -0.1) is 10.2 Å². The third kappa shape index (κ3) is 4.41. The first-order chi connectivity index (χ1) is 17.5. The van der Waals surface area contributed by atoms with Crippen LogP contribution in [-0.4, -0.2) is 28.3 Å². The van der Waals surface area contributed by atoms with Crippen molar-refractivity contribution >= 4 is 34.5 Å². The molecule has 2 amide bonds. The van der Waals surface area contributed by atoms with E-state index in [4.69, 9.17) is 9.47 Å². The molecule has 0 spiro atoms. The number of para-hydroxylation sites is 1. The van der Waals surface area contributed by atoms with Crippen molar-refractivity contribution in [3.8, 4) is 17.4 Å². The first-order valence-corrected chi connectivity index (χ1v) is 11.3. The van der Waals surface area contributed by atoms with Gasteiger partial charge in [0.1, 0.15) is 5.70 Å². The Hall–Kier alpha value is -4.92. The summed E-state index contributed by atoms with van der Waals surface area (Å²) in [6, 6.07) is 21.0. The number of ether oxygens (including phenoxy) is 2. The molecule has 0 saturated carbocycles. The zero-order chi connectivity index (χ0) is 25.1. The number of azo groups is 1. The minimum absolute atomic E-state index is 0.0924. The molecule has 5 rings (SSSR count). The molecule has 0 unspecified atom stereocenters. The summed E-state index contributed by atoms with van der Waals surface area (Å²) in [5.74, 6) is -0.231. The number of rotatable bonds is 6. The van der Waals surface area contributed by atoms with Crippen molar-refractivity contribution in [3.63, 3.8) is 0 Å². The highest BCUT2D eigenvalue weighted by atomic mass is 16.7. The van der Waals surface area contributed by atoms with E-state index >= 15 is 0 Å². The van der Waals surface area contributed by atoms with Gasteiger partial charge in [-0.3, -0.25) is 9.59 Å². The molecule has 3 aromatic carbocycles. The third-order valence-corrected chi connectivity index (χ3v) is 5.70. The van der Waals surface area contributed by atoms with Gasteiger partial charge in [-0.25, -0.2) is 0 Å². The second kappa shape index (κ2) is 9.75. The number of amides is 2. The van der Waals surface area contributed by atoms with Gasteiger partial charge < -0.3 is 24.5 Å². The number of nitrogens with zero attached hydrogens (tertiary/aromatic N) is 3. The van der Waals surface area contributed by atoms with E-state index in [1.54, 1.807) is 59.2 Å². The van der Waals surface area contributed by atoms with Gasteiger partial charge in [0.25, 0.3) is 5.91 Å². The highest BCUT2D eigenvalue weighted by Crippen LogP contribution is 2.38. The lowest BCUT2D eigenvalue weighted by atomic mass is 10.1. The van der Waals surface area contributed by atoms with Crippen molar-refractivity contribution in [2.75, 3.05) is 6.79 Å². The van der Waals surface area contributed by atoms with E-state index in [0.717, 1.165) is 5.52 Å². The maximum atomic E-state index is 13.2. The molecule has 0 atom stereocenters. The molecule has 1 aliphatic heterocycles. The van der Waals surface area contributed by atoms with Crippen molar-refractivity contribution in [2.24, 2.45) is 10.2 Å². The van der Waals surface area contributed by atoms with Crippen LogP contribution < -0.4 is 14.8 Å². The van der Waals surface area contributed by atoms with Gasteiger partial charge in [-0.2, -0.15) is 0 Å². The van der Waals surface area contributed by atoms with E-state index in [2.05, 4.69) is 15.5 Å². The van der Waals surface area contributed by atoms with Crippen molar-refractivity contribution < 1.29 is 24.2 Å². The Morgan fingerprint density at radius 3 is 2.58 bits per heavy atom. The number of carbonyl (C=O) groups excluding carboxylic acids is 2. The molecule has 36 heavy (non-hydrogen) atoms. The summed E-state index contributed by atoms with van der Waals surface area (Å²) in [6.07, 6.45) is 1.49. The van der Waals surface area contributed by atoms with Crippen LogP contribution in [0.4, 0.5) is 5.69 Å². The Morgan fingerprint density at radius 1 is 1.03 bits per heavy atom. The zero-order valence-corrected chi connectivity index (χ0v) is 19.3. The van der Waals surface area contributed by atoms with Crippen molar-refractivity contribution in [3.05, 3.63) is 89.6 Å². The molecule has 0 saturated heterocycles. The zero-order valence-electron chi connectivity index (χ0n) is 19.3. The standard InChI is InChI=1S/C27H22N4O5/c1-2-31-21-11-7-6-10-19(21)24(27(31)34)29-30-26(33)20(28-25(32)18-8-4-3-5-9-18)14-17-12-13-22-23(15-17)36-16-35-22/h3-15,34H,2,16H2,1H3,(H,28,32). The van der Waals surface area contributed by atoms with Crippen molar-refractivity contribution in [2.45, 2.75) is 13.5 Å². The van der Waals surface area contributed by atoms with Crippen LogP contribution in [0, 0.1) is 0 Å². The summed E-state index contributed by atoms with van der Waals surface area (Å²) >= 11 is 0. The van der Waals surface area contributed by atoms with E-state index in [9.17, 15) is 14.7 Å². The molecule has 0 fully saturated rings. The molecule has 9 nitrogen and oxygen atoms in total. The number of hydrogen-bond donors (Lipinski definition) is 2. The minimum Gasteiger partial charge on any atom is -0.493 e. The SMILES string of the molecule is CCn1c(O)c(N=NC(=O)C(=Cc2ccc3c(c2)OCO3)NC(=O)c2ccccc2)c2ccccc21. The summed E-state index contributed by atoms with van der Waals surface area (Å²) < 4.78 is 12.4. The van der Waals surface area contributed by atoms with E-state index in [1.165, 1.54) is 6.08 Å². The molecule has 0 bridgehead atoms. The molecule has 0 radical (unpaired) electrons. The lowest BCUT2D eigenvalue weighted by Crippen LogP contribution is -2.26. The summed E-state index contributed by atoms with van der Waals surface area (Å²) in [6.45, 7) is 2.52. The van der Waals surface area contributed by atoms with Gasteiger partial charge in [-0.1, -0.05) is 42.5 Å². The Bertz CT molecular complexity index is 1520. The number of carbonyl (C=O) groups is 2. The maximum absolute atomic E-state index is 13.2. The fourth-order valence-corrected chi connectivity index (χ4v) is 3.94. The summed E-state index contributed by atoms with van der Waals surface area (Å²) in [7, 11) is 0. The van der Waals surface area contributed by atoms with Gasteiger partial charge in [0, 0.05) is 17.5 Å². The number of benzene rings is 3. The van der Waals surface area contributed by atoms with E-state index < -0.39 is 11.8 Å². The van der Waals surface area contributed by atoms with Gasteiger partial charge in [0.15, 0.2) is 17.2 Å². The molecule has 0 aliphatic carbocycles. The van der Waals surface area contributed by atoms with Gasteiger partial charge in [0.05, 0.1) is 5.52 Å². The highest BCUT2D eigenvalue weighted by molar-refractivity contribution is 6.05. The first-order valence-electron chi connectivity index (χ1n) is 11.3. The second-order valence-corrected chi connectivity index (χ2v) is 7.93. The largest absolute Gasteiger partial charge is 0.493 e. The fraction of sp³-hybridized carbons (Fsp3) is 0.111. The third-order valence-electron chi connectivity index (χ3n) is 5.70. The summed E-state index contributed by atoms with van der Waals surface area (Å²) in [5.41, 5.74) is 1.83. The monoisotopic (exact) mass is 482 g/mol. The molecule has 1 aliphatic rings. The molecule has 1 aromatic heterocycles. The van der Waals surface area contributed by atoms with Gasteiger partial charge in [0.2, 0.25) is 12.7 Å². The predicted octanol–water partition coefficient (Wildman–Crippen LogP) is 5.18. The lowest BCUT2D eigenvalue weighted by molar-refractivity contribution is -0.115. The second-order valence-electron chi connectivity index (χ2n) is 7.93. The maximum Gasteiger partial charge on any atom is 0.311 e. The molecular weight excluding hydrogens is 460 g/mol. The number of hydrogen-bond acceptors (Lipinski definition) is 6. The van der Waals surface area contributed by atoms with Crippen LogP contribution in [0.3, 0.4) is 0 Å². The summed E-state index contributed by atoms with van der Waals surface area (Å²) in [4.78, 5) is 26.0. The molecule has 2 heterocycles. The Labute approximate surface area is 206 Å². The molecule has 2 N–H and O–H groups in total. The quantitative estimate of drug-likeness (QED) is 0.290. The number of nitrogens with one attached hydrogen (secondary N) is 1. The van der Waals surface area contributed by atoms with Crippen LogP contribution in [0.25, 0.3) is 17.0 Å². The normalized spacial score (nSPS) is 12.9. The predicted molar refractivity (Wildman–Crippen MR) is 133 cm³/mol. The number of fused-ring (bicyclic) bond motifs is 2. The van der Waals surface area contributed by atoms with Crippen molar-refractivity contribution in [1.29, 1.82) is 0 Å². The van der Waals surface area contributed by atoms with E-state index in [0.29, 0.717) is 34.6 Å². The van der Waals surface area contributed by atoms with Gasteiger partial charge >= 0.3 is 5.91 Å². The Kier molecular flexibility index (Phi) is 6.19. The number of aromatic hydroxyl groups is 1. The minimum atomic E-state index is -0.787. The van der Waals surface area contributed by atoms with Crippen LogP contribution in [-0.2, 0) is 11.3 Å². The van der Waals surface area contributed by atoms with Gasteiger partial charge in [-0.05, 0) is 48.9 Å². The lowest BCUT2D eigenvalue weighted by Gasteiger charge is -2.07. The molecule has 180 valence electrons. The van der Waals surface area contributed by atoms with Crippen LogP contribution in [0.15, 0.2) is 88.7 Å².